The summed E-state index contributed by atoms with van der Waals surface area (Å²) in [6.45, 7) is 2.29. The lowest BCUT2D eigenvalue weighted by atomic mass is 9.87. The SMILES string of the molecule is Cn1nc(N)c2c(Cl)ccc(-c3ccc(C#CC(C)(C)C4(S(=O)[O-])CC4)nc3[C@H](Cc3cc(F)cc(F)c3)NC(=O)Cn3nc(C(F)(F)F)c4c3C(F)(F)[C@@H]3C[C@H]43)c21. The molecule has 1 unspecified atom stereocenters. The lowest BCUT2D eigenvalue weighted by molar-refractivity contribution is -0.142. The normalized spacial score (nSPS) is 19.9. The molecule has 0 spiro atoms. The Balaban J connectivity index is 1.27. The van der Waals surface area contributed by atoms with Crippen LogP contribution in [0.3, 0.4) is 0 Å². The molecular formula is C39H32ClF7N7O3S-. The number of anilines is 1. The highest BCUT2D eigenvalue weighted by atomic mass is 35.5. The molecule has 1 amide bonds. The van der Waals surface area contributed by atoms with Gasteiger partial charge in [-0.1, -0.05) is 23.6 Å². The molecular weight excluding hydrogens is 815 g/mol. The number of halogens is 8. The minimum atomic E-state index is -5.07. The predicted octanol–water partition coefficient (Wildman–Crippen LogP) is 7.46. The van der Waals surface area contributed by atoms with E-state index in [1.165, 1.54) is 10.7 Å². The summed E-state index contributed by atoms with van der Waals surface area (Å²) in [5, 5.41) is 11.0. The predicted molar refractivity (Wildman–Crippen MR) is 198 cm³/mol. The number of hydrogen-bond acceptors (Lipinski definition) is 7. The Bertz CT molecular complexity index is 2620. The number of carbonyl (C=O) groups is 1. The van der Waals surface area contributed by atoms with Gasteiger partial charge in [0.2, 0.25) is 5.91 Å². The zero-order valence-electron chi connectivity index (χ0n) is 30.8. The highest BCUT2D eigenvalue weighted by molar-refractivity contribution is 7.81. The quantitative estimate of drug-likeness (QED) is 0.0891. The van der Waals surface area contributed by atoms with Gasteiger partial charge in [0.05, 0.1) is 27.7 Å². The van der Waals surface area contributed by atoms with Crippen molar-refractivity contribution >= 4 is 45.3 Å². The smallest absolute Gasteiger partial charge is 0.435 e. The molecule has 8 rings (SSSR count). The minimum absolute atomic E-state index is 0.0266. The molecule has 10 nitrogen and oxygen atoms in total. The van der Waals surface area contributed by atoms with Gasteiger partial charge in [-0.2, -0.15) is 32.1 Å². The standard InChI is InChI=1S/C39H33ClF7N7O3S/c1-36(2,37(10-11-37)58(56)57)9-8-21-4-5-22(23-6-7-26(40)30-32(23)53(3)52-35(30)48)31(49-21)27(14-18-12-19(41)15-20(42)13-18)50-28(55)17-54-34-29(33(51-54)39(45,46)47)24-16-25(24)38(34,43)44/h4-7,12-13,15,24-25,27H,10-11,14,16-17H2,1-3H3,(H2,48,52)(H,50,55)(H,56,57)/p-1/t24-,25+,27-/m0/s1. The number of aryl methyl sites for hydroxylation is 1. The first-order valence-corrected chi connectivity index (χ1v) is 19.4. The van der Waals surface area contributed by atoms with Gasteiger partial charge in [0, 0.05) is 45.9 Å². The second-order valence-electron chi connectivity index (χ2n) is 15.5. The summed E-state index contributed by atoms with van der Waals surface area (Å²) in [5.74, 6) is -2.99. The van der Waals surface area contributed by atoms with Crippen LogP contribution in [0.5, 0.6) is 0 Å². The second kappa shape index (κ2) is 13.5. The summed E-state index contributed by atoms with van der Waals surface area (Å²) < 4.78 is 127. The van der Waals surface area contributed by atoms with Gasteiger partial charge in [0.15, 0.2) is 11.5 Å². The third kappa shape index (κ3) is 6.60. The number of hydrogen-bond donors (Lipinski definition) is 2. The number of nitrogen functional groups attached to an aromatic ring is 1. The van der Waals surface area contributed by atoms with Gasteiger partial charge < -0.3 is 15.6 Å². The van der Waals surface area contributed by atoms with E-state index in [0.29, 0.717) is 45.6 Å². The Morgan fingerprint density at radius 2 is 1.78 bits per heavy atom. The van der Waals surface area contributed by atoms with Crippen LogP contribution in [-0.2, 0) is 48.0 Å². The zero-order valence-corrected chi connectivity index (χ0v) is 32.4. The molecule has 304 valence electrons. The molecule has 3 aliphatic carbocycles. The molecule has 3 N–H and O–H groups in total. The van der Waals surface area contributed by atoms with E-state index in [-0.39, 0.29) is 40.6 Å². The molecule has 3 aliphatic rings. The summed E-state index contributed by atoms with van der Waals surface area (Å²) in [6, 6.07) is 7.62. The maximum atomic E-state index is 15.4. The van der Waals surface area contributed by atoms with Crippen molar-refractivity contribution in [3.05, 3.63) is 93.0 Å². The number of fused-ring (bicyclic) bond motifs is 4. The van der Waals surface area contributed by atoms with Gasteiger partial charge >= 0.3 is 6.18 Å². The highest BCUT2D eigenvalue weighted by Crippen LogP contribution is 2.68. The number of amides is 1. The Labute approximate surface area is 333 Å². The van der Waals surface area contributed by atoms with E-state index < -0.39 is 92.3 Å². The average molecular weight is 847 g/mol. The average Bonchev–Trinajstić information content (AvgIpc) is 4.03. The number of nitrogens with two attached hydrogens (primary N) is 1. The Hall–Kier alpha value is -4.99. The van der Waals surface area contributed by atoms with Crippen LogP contribution in [0.15, 0.2) is 42.5 Å². The van der Waals surface area contributed by atoms with E-state index >= 15 is 8.78 Å². The first kappa shape index (κ1) is 39.8. The lowest BCUT2D eigenvalue weighted by Gasteiger charge is -2.31. The van der Waals surface area contributed by atoms with E-state index in [1.807, 2.05) is 0 Å². The molecule has 2 saturated carbocycles. The van der Waals surface area contributed by atoms with Crippen LogP contribution in [0.2, 0.25) is 5.02 Å². The largest absolute Gasteiger partial charge is 0.772 e. The number of alkyl halides is 5. The van der Waals surface area contributed by atoms with Gasteiger partial charge in [0.25, 0.3) is 5.92 Å². The number of benzene rings is 2. The number of rotatable bonds is 9. The number of nitrogens with one attached hydrogen (secondary N) is 1. The topological polar surface area (TPSA) is 144 Å². The summed E-state index contributed by atoms with van der Waals surface area (Å²) >= 11 is 4.09. The highest BCUT2D eigenvalue weighted by Gasteiger charge is 2.68. The molecule has 0 bridgehead atoms. The molecule has 4 atom stereocenters. The summed E-state index contributed by atoms with van der Waals surface area (Å²) in [5.41, 5.74) is 3.40. The fraction of sp³-hybridized carbons (Fsp3) is 0.385. The van der Waals surface area contributed by atoms with Crippen LogP contribution in [-0.4, -0.2) is 44.0 Å². The monoisotopic (exact) mass is 846 g/mol. The third-order valence-corrected chi connectivity index (χ3v) is 13.2. The zero-order chi connectivity index (χ0) is 41.9. The van der Waals surface area contributed by atoms with Crippen molar-refractivity contribution in [3.8, 4) is 23.0 Å². The maximum absolute atomic E-state index is 15.4. The van der Waals surface area contributed by atoms with Crippen molar-refractivity contribution in [2.45, 2.75) is 74.9 Å². The molecule has 3 heterocycles. The molecule has 0 saturated heterocycles. The van der Waals surface area contributed by atoms with Gasteiger partial charge in [-0.25, -0.2) is 13.8 Å². The third-order valence-electron chi connectivity index (χ3n) is 11.4. The van der Waals surface area contributed by atoms with Crippen LogP contribution in [0, 0.1) is 34.8 Å². The fourth-order valence-electron chi connectivity index (χ4n) is 8.26. The van der Waals surface area contributed by atoms with Crippen molar-refractivity contribution in [2.24, 2.45) is 18.4 Å². The molecule has 3 aromatic heterocycles. The Morgan fingerprint density at radius 1 is 1.10 bits per heavy atom. The Morgan fingerprint density at radius 3 is 2.41 bits per heavy atom. The van der Waals surface area contributed by atoms with Crippen LogP contribution >= 0.6 is 11.6 Å². The van der Waals surface area contributed by atoms with Crippen LogP contribution < -0.4 is 11.1 Å². The summed E-state index contributed by atoms with van der Waals surface area (Å²) in [7, 11) is 1.60. The van der Waals surface area contributed by atoms with Crippen molar-refractivity contribution in [1.82, 2.24) is 29.9 Å². The summed E-state index contributed by atoms with van der Waals surface area (Å²) in [4.78, 5) is 18.7. The number of pyridine rings is 1. The van der Waals surface area contributed by atoms with Crippen molar-refractivity contribution < 1.29 is 44.3 Å². The van der Waals surface area contributed by atoms with Gasteiger partial charge in [-0.15, -0.1) is 0 Å². The molecule has 2 aromatic carbocycles. The molecule has 5 aromatic rings. The van der Waals surface area contributed by atoms with Crippen molar-refractivity contribution in [3.63, 3.8) is 0 Å². The lowest BCUT2D eigenvalue weighted by Crippen LogP contribution is -2.35. The van der Waals surface area contributed by atoms with Gasteiger partial charge in [-0.05, 0) is 98.3 Å². The van der Waals surface area contributed by atoms with Crippen molar-refractivity contribution in [1.29, 1.82) is 0 Å². The van der Waals surface area contributed by atoms with E-state index in [0.717, 1.165) is 12.1 Å². The maximum Gasteiger partial charge on any atom is 0.435 e. The van der Waals surface area contributed by atoms with Crippen LogP contribution in [0.4, 0.5) is 36.6 Å². The molecule has 19 heteroatoms. The fourth-order valence-corrected chi connectivity index (χ4v) is 9.41. The Kier molecular flexibility index (Phi) is 9.29. The molecule has 58 heavy (non-hydrogen) atoms. The van der Waals surface area contributed by atoms with Crippen LogP contribution in [0.1, 0.15) is 79.0 Å². The first-order chi connectivity index (χ1) is 27.1. The number of carbonyl (C=O) groups excluding carboxylic acids is 1. The molecule has 0 aliphatic heterocycles. The number of aromatic nitrogens is 5. The van der Waals surface area contributed by atoms with E-state index in [9.17, 15) is 35.5 Å². The molecule has 0 radical (unpaired) electrons. The minimum Gasteiger partial charge on any atom is -0.772 e. The summed E-state index contributed by atoms with van der Waals surface area (Å²) in [6.07, 6.45) is -4.78. The van der Waals surface area contributed by atoms with Gasteiger partial charge in [-0.3, -0.25) is 18.4 Å². The van der Waals surface area contributed by atoms with Gasteiger partial charge in [0.1, 0.15) is 29.6 Å². The second-order valence-corrected chi connectivity index (χ2v) is 17.2. The van der Waals surface area contributed by atoms with Crippen molar-refractivity contribution in [2.75, 3.05) is 5.73 Å². The first-order valence-electron chi connectivity index (χ1n) is 18.0. The molecule has 2 fully saturated rings. The van der Waals surface area contributed by atoms with E-state index in [2.05, 4.69) is 27.4 Å². The van der Waals surface area contributed by atoms with Crippen LogP contribution in [0.25, 0.3) is 22.0 Å². The number of nitrogens with zero attached hydrogens (tertiary/aromatic N) is 5. The van der Waals surface area contributed by atoms with E-state index in [4.69, 9.17) is 22.3 Å². The van der Waals surface area contributed by atoms with E-state index in [1.54, 1.807) is 39.1 Å².